The van der Waals surface area contributed by atoms with Gasteiger partial charge in [0.15, 0.2) is 5.65 Å². The third-order valence-corrected chi connectivity index (χ3v) is 6.76. The van der Waals surface area contributed by atoms with E-state index in [0.717, 1.165) is 35.2 Å². The molecule has 0 spiro atoms. The van der Waals surface area contributed by atoms with Gasteiger partial charge in [0.05, 0.1) is 35.6 Å². The first-order valence-electron chi connectivity index (χ1n) is 12.4. The van der Waals surface area contributed by atoms with Gasteiger partial charge in [-0.05, 0) is 31.0 Å². The zero-order chi connectivity index (χ0) is 24.5. The zero-order valence-electron chi connectivity index (χ0n) is 20.0. The number of amides is 2. The van der Waals surface area contributed by atoms with E-state index in [-0.39, 0.29) is 11.8 Å². The third-order valence-electron chi connectivity index (χ3n) is 6.76. The topological polar surface area (TPSA) is 96.5 Å². The van der Waals surface area contributed by atoms with Crippen molar-refractivity contribution < 1.29 is 14.0 Å². The van der Waals surface area contributed by atoms with Gasteiger partial charge in [0.1, 0.15) is 12.3 Å². The molecule has 3 aromatic heterocycles. The number of piperazine rings is 1. The number of hydrogen-bond donors (Lipinski definition) is 1. The van der Waals surface area contributed by atoms with Gasteiger partial charge in [-0.25, -0.2) is 9.67 Å². The standard InChI is InChI=1S/C27H28N6O3/c34-25(29-20-8-9-20)18-31-10-12-32(13-11-31)27(35)22-15-24(19-5-2-1-3-6-19)30-26-23(22)16-28-33(26)17-21-7-4-14-36-21/h1-7,14-16,20H,8-13,17-18H2,(H,29,34). The summed E-state index contributed by atoms with van der Waals surface area (Å²) in [7, 11) is 0. The van der Waals surface area contributed by atoms with Crippen LogP contribution in [0.2, 0.25) is 0 Å². The van der Waals surface area contributed by atoms with Gasteiger partial charge in [0, 0.05) is 37.8 Å². The van der Waals surface area contributed by atoms with E-state index < -0.39 is 0 Å². The molecule has 4 aromatic rings. The maximum absolute atomic E-state index is 13.8. The number of nitrogens with one attached hydrogen (secondary N) is 1. The molecule has 1 N–H and O–H groups in total. The molecule has 1 aromatic carbocycles. The molecule has 0 bridgehead atoms. The van der Waals surface area contributed by atoms with Gasteiger partial charge < -0.3 is 14.6 Å². The van der Waals surface area contributed by atoms with Crippen LogP contribution in [-0.2, 0) is 11.3 Å². The molecule has 2 fully saturated rings. The fraction of sp³-hybridized carbons (Fsp3) is 0.333. The minimum atomic E-state index is -0.0424. The molecule has 36 heavy (non-hydrogen) atoms. The summed E-state index contributed by atoms with van der Waals surface area (Å²) in [5.41, 5.74) is 2.89. The lowest BCUT2D eigenvalue weighted by Crippen LogP contribution is -2.51. The monoisotopic (exact) mass is 484 g/mol. The Hall–Kier alpha value is -3.98. The van der Waals surface area contributed by atoms with E-state index in [0.29, 0.717) is 56.5 Å². The number of hydrogen-bond acceptors (Lipinski definition) is 6. The Morgan fingerprint density at radius 2 is 1.83 bits per heavy atom. The van der Waals surface area contributed by atoms with Crippen LogP contribution in [0.3, 0.4) is 0 Å². The Labute approximate surface area is 208 Å². The summed E-state index contributed by atoms with van der Waals surface area (Å²) in [6.07, 6.45) is 5.51. The van der Waals surface area contributed by atoms with Gasteiger partial charge in [0.2, 0.25) is 5.91 Å². The van der Waals surface area contributed by atoms with Crippen molar-refractivity contribution in [1.82, 2.24) is 29.9 Å². The van der Waals surface area contributed by atoms with Gasteiger partial charge in [-0.2, -0.15) is 5.10 Å². The van der Waals surface area contributed by atoms with Crippen molar-refractivity contribution >= 4 is 22.8 Å². The maximum atomic E-state index is 13.8. The first kappa shape index (κ1) is 22.5. The molecule has 1 saturated carbocycles. The predicted molar refractivity (Wildman–Crippen MR) is 134 cm³/mol. The molecule has 0 atom stereocenters. The molecule has 1 saturated heterocycles. The van der Waals surface area contributed by atoms with Crippen molar-refractivity contribution in [2.75, 3.05) is 32.7 Å². The number of furan rings is 1. The lowest BCUT2D eigenvalue weighted by Gasteiger charge is -2.34. The van der Waals surface area contributed by atoms with Crippen molar-refractivity contribution in [3.05, 3.63) is 72.3 Å². The first-order valence-corrected chi connectivity index (χ1v) is 12.4. The Morgan fingerprint density at radius 1 is 1.03 bits per heavy atom. The third kappa shape index (κ3) is 4.74. The zero-order valence-corrected chi connectivity index (χ0v) is 20.0. The Balaban J connectivity index is 1.26. The van der Waals surface area contributed by atoms with E-state index in [2.05, 4.69) is 15.3 Å². The molecule has 2 amide bonds. The largest absolute Gasteiger partial charge is 0.467 e. The van der Waals surface area contributed by atoms with Crippen molar-refractivity contribution in [1.29, 1.82) is 0 Å². The minimum absolute atomic E-state index is 0.0424. The van der Waals surface area contributed by atoms with Crippen molar-refractivity contribution in [2.45, 2.75) is 25.4 Å². The van der Waals surface area contributed by atoms with Crippen molar-refractivity contribution in [3.63, 3.8) is 0 Å². The number of benzene rings is 1. The molecule has 0 radical (unpaired) electrons. The molecule has 1 aliphatic carbocycles. The smallest absolute Gasteiger partial charge is 0.254 e. The van der Waals surface area contributed by atoms with Crippen LogP contribution in [0.1, 0.15) is 29.0 Å². The molecule has 4 heterocycles. The van der Waals surface area contributed by atoms with Crippen LogP contribution in [0, 0.1) is 0 Å². The highest BCUT2D eigenvalue weighted by molar-refractivity contribution is 6.06. The van der Waals surface area contributed by atoms with Crippen molar-refractivity contribution in [2.24, 2.45) is 0 Å². The number of rotatable bonds is 7. The molecule has 1 aliphatic heterocycles. The number of pyridine rings is 1. The Morgan fingerprint density at radius 3 is 2.56 bits per heavy atom. The van der Waals surface area contributed by atoms with Crippen LogP contribution >= 0.6 is 0 Å². The normalized spacial score (nSPS) is 16.4. The maximum Gasteiger partial charge on any atom is 0.254 e. The average molecular weight is 485 g/mol. The second kappa shape index (κ2) is 9.58. The molecule has 0 unspecified atom stereocenters. The van der Waals surface area contributed by atoms with Crippen LogP contribution < -0.4 is 5.32 Å². The predicted octanol–water partition coefficient (Wildman–Crippen LogP) is 2.78. The highest BCUT2D eigenvalue weighted by Gasteiger charge is 2.28. The molecular weight excluding hydrogens is 456 g/mol. The van der Waals surface area contributed by atoms with Gasteiger partial charge in [-0.15, -0.1) is 0 Å². The second-order valence-electron chi connectivity index (χ2n) is 9.45. The fourth-order valence-corrected chi connectivity index (χ4v) is 4.63. The van der Waals surface area contributed by atoms with Crippen molar-refractivity contribution in [3.8, 4) is 11.3 Å². The Bertz CT molecular complexity index is 1370. The fourth-order valence-electron chi connectivity index (χ4n) is 4.63. The van der Waals surface area contributed by atoms with Gasteiger partial charge >= 0.3 is 0 Å². The highest BCUT2D eigenvalue weighted by Crippen LogP contribution is 2.27. The van der Waals surface area contributed by atoms with Crippen LogP contribution in [0.4, 0.5) is 0 Å². The summed E-state index contributed by atoms with van der Waals surface area (Å²) in [6.45, 7) is 3.29. The quantitative estimate of drug-likeness (QED) is 0.433. The highest BCUT2D eigenvalue weighted by atomic mass is 16.3. The summed E-state index contributed by atoms with van der Waals surface area (Å²) in [6, 6.07) is 15.8. The number of carbonyl (C=O) groups excluding carboxylic acids is 2. The molecule has 6 rings (SSSR count). The summed E-state index contributed by atoms with van der Waals surface area (Å²) >= 11 is 0. The van der Waals surface area contributed by atoms with Crippen LogP contribution in [0.5, 0.6) is 0 Å². The lowest BCUT2D eigenvalue weighted by atomic mass is 10.1. The summed E-state index contributed by atoms with van der Waals surface area (Å²) in [5, 5.41) is 8.29. The van der Waals surface area contributed by atoms with E-state index in [1.807, 2.05) is 53.4 Å². The minimum Gasteiger partial charge on any atom is -0.467 e. The number of nitrogens with zero attached hydrogens (tertiary/aromatic N) is 5. The van der Waals surface area contributed by atoms with E-state index in [1.165, 1.54) is 0 Å². The molecule has 2 aliphatic rings. The lowest BCUT2D eigenvalue weighted by molar-refractivity contribution is -0.122. The van der Waals surface area contributed by atoms with Gasteiger partial charge in [-0.3, -0.25) is 14.5 Å². The van der Waals surface area contributed by atoms with Crippen LogP contribution in [0.15, 0.2) is 65.4 Å². The Kier molecular flexibility index (Phi) is 5.98. The second-order valence-corrected chi connectivity index (χ2v) is 9.45. The molecule has 9 heteroatoms. The molecule has 9 nitrogen and oxygen atoms in total. The number of fused-ring (bicyclic) bond motifs is 1. The molecular formula is C27H28N6O3. The first-order chi connectivity index (χ1) is 17.6. The average Bonchev–Trinajstić information content (AvgIpc) is 3.39. The molecule has 184 valence electrons. The summed E-state index contributed by atoms with van der Waals surface area (Å²) < 4.78 is 7.28. The number of aromatic nitrogens is 3. The number of carbonyl (C=O) groups is 2. The summed E-state index contributed by atoms with van der Waals surface area (Å²) in [5.74, 6) is 0.797. The van der Waals surface area contributed by atoms with Gasteiger partial charge in [-0.1, -0.05) is 30.3 Å². The SMILES string of the molecule is O=C(CN1CCN(C(=O)c2cc(-c3ccccc3)nc3c2cnn3Cc2ccco2)CC1)NC1CC1. The van der Waals surface area contributed by atoms with Crippen LogP contribution in [0.25, 0.3) is 22.3 Å². The van der Waals surface area contributed by atoms with E-state index in [1.54, 1.807) is 17.1 Å². The summed E-state index contributed by atoms with van der Waals surface area (Å²) in [4.78, 5) is 34.8. The van der Waals surface area contributed by atoms with Gasteiger partial charge in [0.25, 0.3) is 5.91 Å². The van der Waals surface area contributed by atoms with E-state index in [9.17, 15) is 9.59 Å². The van der Waals surface area contributed by atoms with E-state index in [4.69, 9.17) is 9.40 Å². The van der Waals surface area contributed by atoms with Crippen LogP contribution in [-0.4, -0.2) is 75.1 Å². The van der Waals surface area contributed by atoms with E-state index >= 15 is 0 Å².